The van der Waals surface area contributed by atoms with Crippen LogP contribution in [-0.4, -0.2) is 19.6 Å². The van der Waals surface area contributed by atoms with E-state index >= 15 is 0 Å². The van der Waals surface area contributed by atoms with E-state index in [1.807, 2.05) is 113 Å². The number of phenols is 1. The van der Waals surface area contributed by atoms with Crippen molar-refractivity contribution in [1.29, 1.82) is 0 Å². The van der Waals surface area contributed by atoms with E-state index in [0.717, 1.165) is 50.1 Å². The van der Waals surface area contributed by atoms with E-state index < -0.39 is 31.9 Å². The van der Waals surface area contributed by atoms with Crippen LogP contribution in [0.25, 0.3) is 83.9 Å². The molecule has 4 nitrogen and oxygen atoms in total. The fraction of sp³-hybridized carbons (Fsp3) is 0.213. The zero-order chi connectivity index (χ0) is 54.2. The number of hydrogen-bond acceptors (Lipinski definition) is 3. The predicted molar refractivity (Wildman–Crippen MR) is 273 cm³/mol. The second kappa shape index (κ2) is 18.1. The second-order valence-electron chi connectivity index (χ2n) is 18.3. The minimum absolute atomic E-state index is 0. The maximum Gasteiger partial charge on any atom is 0.148 e. The summed E-state index contributed by atoms with van der Waals surface area (Å²) in [5, 5.41) is 11.9. The van der Waals surface area contributed by atoms with Gasteiger partial charge in [-0.2, -0.15) is 0 Å². The summed E-state index contributed by atoms with van der Waals surface area (Å²) in [6.07, 6.45) is 1.64. The molecule has 0 aliphatic carbocycles. The van der Waals surface area contributed by atoms with Crippen molar-refractivity contribution in [2.24, 2.45) is 0 Å². The molecule has 0 radical (unpaired) electrons. The molecule has 334 valence electrons. The van der Waals surface area contributed by atoms with Gasteiger partial charge in [0.05, 0.1) is 22.3 Å². The fourth-order valence-electron chi connectivity index (χ4n) is 8.61. The van der Waals surface area contributed by atoms with E-state index in [-0.39, 0.29) is 37.8 Å². The first-order chi connectivity index (χ1) is 35.1. The largest absolute Gasteiger partial charge is 0.507 e. The van der Waals surface area contributed by atoms with Gasteiger partial charge in [-0.15, -0.1) is 23.8 Å². The summed E-state index contributed by atoms with van der Waals surface area (Å²) in [6.45, 7) is 4.05. The second-order valence-corrected chi connectivity index (χ2v) is 18.3. The topological polar surface area (TPSA) is 50.9 Å². The van der Waals surface area contributed by atoms with Crippen LogP contribution < -0.4 is 0 Å². The molecule has 0 bridgehead atoms. The zero-order valence-electron chi connectivity index (χ0n) is 48.1. The molecule has 2 heterocycles. The zero-order valence-corrected chi connectivity index (χ0v) is 40.4. The van der Waals surface area contributed by atoms with E-state index in [1.165, 1.54) is 29.8 Å². The molecular formula is C61H58N3OPt-. The Morgan fingerprint density at radius 2 is 1.29 bits per heavy atom. The maximum atomic E-state index is 11.9. The van der Waals surface area contributed by atoms with Crippen molar-refractivity contribution in [3.05, 3.63) is 192 Å². The van der Waals surface area contributed by atoms with Gasteiger partial charge >= 0.3 is 0 Å². The third-order valence-electron chi connectivity index (χ3n) is 12.2. The van der Waals surface area contributed by atoms with Crippen LogP contribution >= 0.6 is 0 Å². The smallest absolute Gasteiger partial charge is 0.148 e. The van der Waals surface area contributed by atoms with E-state index in [9.17, 15) is 5.11 Å². The summed E-state index contributed by atoms with van der Waals surface area (Å²) in [6, 6.07) is 51.6. The number of aromatic nitrogens is 3. The van der Waals surface area contributed by atoms with Crippen LogP contribution in [0.5, 0.6) is 5.75 Å². The number of benzene rings is 7. The van der Waals surface area contributed by atoms with Gasteiger partial charge in [0.25, 0.3) is 0 Å². The molecule has 0 aliphatic heterocycles. The van der Waals surface area contributed by atoms with Crippen LogP contribution in [0, 0.1) is 19.9 Å². The van der Waals surface area contributed by atoms with Gasteiger partial charge < -0.3 is 5.11 Å². The van der Waals surface area contributed by atoms with Gasteiger partial charge in [0.15, 0.2) is 0 Å². The molecule has 2 aromatic heterocycles. The Morgan fingerprint density at radius 3 is 1.97 bits per heavy atom. The number of hydrogen-bond donors (Lipinski definition) is 1. The van der Waals surface area contributed by atoms with Crippen molar-refractivity contribution in [2.75, 3.05) is 0 Å². The molecule has 1 N–H and O–H groups in total. The summed E-state index contributed by atoms with van der Waals surface area (Å²) in [4.78, 5) is 10.3. The van der Waals surface area contributed by atoms with Gasteiger partial charge in [0, 0.05) is 52.2 Å². The van der Waals surface area contributed by atoms with Crippen molar-refractivity contribution in [1.82, 2.24) is 14.5 Å². The molecule has 0 spiro atoms. The standard InChI is InChI=1S/C61H58N3O.Pt/c1-38(2)44-23-28-55(52(36-44)43-21-26-50(27-22-43)61(8,9)10)64-56-18-14-17-51(57(56)63-59(64)53-32-39(3)31-40(4)58(53)65)47-33-46(41-15-12-11-13-16-41)34-48(35-47)54-37-45(29-30-62-54)42-19-24-49(25-20-42)60(5,6)7;/h11-34,36-38,65H,1-10H3;/q-1;/i5D3,6D3,7D3,38D;. The van der Waals surface area contributed by atoms with Crippen LogP contribution in [-0.2, 0) is 31.9 Å². The number of pyridine rings is 1. The summed E-state index contributed by atoms with van der Waals surface area (Å²) in [7, 11) is 0. The number of phenolic OH excluding ortho intramolecular Hbond substituents is 1. The SMILES string of the molecule is [2H]C(C)(C)c1ccc(-n2c(-c3cc(C)cc(C)c3O)nc3c(-c4[c-]c(-c5cc(-c6ccc(C(C([2H])([2H])[2H])(C([2H])([2H])[2H])C([2H])([2H])[2H])cc6)ccn5)cc(-c5ccccc5)c4)cccc32)c(-c2ccc(C(C)(C)C)cc2)c1.[Pt]. The summed E-state index contributed by atoms with van der Waals surface area (Å²) < 4.78 is 85.1. The Hall–Kier alpha value is -6.35. The fourth-order valence-corrected chi connectivity index (χ4v) is 8.61. The molecule has 0 atom stereocenters. The first kappa shape index (κ1) is 34.9. The quantitative estimate of drug-likeness (QED) is 0.154. The van der Waals surface area contributed by atoms with Crippen molar-refractivity contribution >= 4 is 11.0 Å². The van der Waals surface area contributed by atoms with Crippen LogP contribution in [0.4, 0.5) is 0 Å². The molecule has 0 aliphatic rings. The van der Waals surface area contributed by atoms with E-state index in [1.54, 1.807) is 12.3 Å². The maximum absolute atomic E-state index is 11.9. The molecule has 9 rings (SSSR count). The molecule has 0 amide bonds. The van der Waals surface area contributed by atoms with Crippen molar-refractivity contribution in [2.45, 2.75) is 85.7 Å². The third-order valence-corrected chi connectivity index (χ3v) is 12.2. The summed E-state index contributed by atoms with van der Waals surface area (Å²) in [5.41, 5.74) is 10.6. The Morgan fingerprint density at radius 1 is 0.621 bits per heavy atom. The minimum Gasteiger partial charge on any atom is -0.507 e. The number of rotatable bonds is 8. The number of aromatic hydroxyl groups is 1. The van der Waals surface area contributed by atoms with Crippen LogP contribution in [0.2, 0.25) is 0 Å². The monoisotopic (exact) mass is 1050 g/mol. The Kier molecular flexibility index (Phi) is 9.60. The van der Waals surface area contributed by atoms with E-state index in [4.69, 9.17) is 23.7 Å². The average molecular weight is 1050 g/mol. The first-order valence-corrected chi connectivity index (χ1v) is 21.9. The molecule has 0 fully saturated rings. The Bertz CT molecular complexity index is 3570. The molecule has 0 unspecified atom stereocenters. The Balaban J connectivity index is 0.00000765. The minimum atomic E-state index is -3.38. The third kappa shape index (κ3) is 9.09. The normalized spacial score (nSPS) is 14.8. The number of nitrogens with zero attached hydrogens (tertiary/aromatic N) is 3. The van der Waals surface area contributed by atoms with E-state index in [0.29, 0.717) is 50.4 Å². The molecule has 5 heteroatoms. The number of aryl methyl sites for hydroxylation is 2. The van der Waals surface area contributed by atoms with Crippen LogP contribution in [0.15, 0.2) is 158 Å². The summed E-state index contributed by atoms with van der Waals surface area (Å²) in [5.74, 6) is -0.253. The predicted octanol–water partition coefficient (Wildman–Crippen LogP) is 16.3. The first-order valence-electron chi connectivity index (χ1n) is 26.9. The number of imidazole rings is 1. The number of fused-ring (bicyclic) bond motifs is 1. The van der Waals surface area contributed by atoms with Crippen molar-refractivity contribution in [3.8, 4) is 78.6 Å². The summed E-state index contributed by atoms with van der Waals surface area (Å²) >= 11 is 0. The van der Waals surface area contributed by atoms with Crippen molar-refractivity contribution < 1.29 is 39.9 Å². The molecule has 9 aromatic rings. The van der Waals surface area contributed by atoms with Gasteiger partial charge in [0.1, 0.15) is 11.6 Å². The van der Waals surface area contributed by atoms with Crippen LogP contribution in [0.1, 0.15) is 103 Å². The molecule has 66 heavy (non-hydrogen) atoms. The Labute approximate surface area is 419 Å². The van der Waals surface area contributed by atoms with Gasteiger partial charge in [-0.1, -0.05) is 181 Å². The van der Waals surface area contributed by atoms with E-state index in [2.05, 4.69) is 67.8 Å². The molecule has 0 saturated heterocycles. The average Bonchev–Trinajstić information content (AvgIpc) is 3.85. The van der Waals surface area contributed by atoms with Gasteiger partial charge in [0.2, 0.25) is 0 Å². The molecule has 0 saturated carbocycles. The molecule has 7 aromatic carbocycles. The van der Waals surface area contributed by atoms with Crippen molar-refractivity contribution in [3.63, 3.8) is 0 Å². The van der Waals surface area contributed by atoms with Gasteiger partial charge in [-0.3, -0.25) is 9.55 Å². The van der Waals surface area contributed by atoms with Gasteiger partial charge in [-0.25, -0.2) is 4.98 Å². The van der Waals surface area contributed by atoms with Crippen LogP contribution in [0.3, 0.4) is 0 Å². The number of para-hydroxylation sites is 1. The van der Waals surface area contributed by atoms with Gasteiger partial charge in [-0.05, 0) is 111 Å². The molecular weight excluding hydrogens is 986 g/mol.